The van der Waals surface area contributed by atoms with E-state index in [0.717, 1.165) is 12.3 Å². The molecule has 0 spiro atoms. The maximum Gasteiger partial charge on any atom is 0.417 e. The van der Waals surface area contributed by atoms with E-state index in [2.05, 4.69) is 10.3 Å². The summed E-state index contributed by atoms with van der Waals surface area (Å²) < 4.78 is 43.0. The van der Waals surface area contributed by atoms with E-state index >= 15 is 0 Å². The number of amides is 2. The van der Waals surface area contributed by atoms with Crippen LogP contribution in [0.2, 0.25) is 0 Å². The fraction of sp³-hybridized carbons (Fsp3) is 0.381. The van der Waals surface area contributed by atoms with Crippen molar-refractivity contribution in [3.63, 3.8) is 0 Å². The Morgan fingerprint density at radius 1 is 1.13 bits per heavy atom. The molecule has 3 heterocycles. The van der Waals surface area contributed by atoms with E-state index in [4.69, 9.17) is 4.74 Å². The molecule has 0 radical (unpaired) electrons. The molecule has 2 aromatic rings. The highest BCUT2D eigenvalue weighted by Crippen LogP contribution is 2.30. The Kier molecular flexibility index (Phi) is 5.71. The van der Waals surface area contributed by atoms with Crippen LogP contribution < -0.4 is 15.1 Å². The van der Waals surface area contributed by atoms with Gasteiger partial charge in [0.25, 0.3) is 0 Å². The number of rotatable bonds is 4. The summed E-state index contributed by atoms with van der Waals surface area (Å²) >= 11 is 0. The van der Waals surface area contributed by atoms with Crippen LogP contribution in [-0.2, 0) is 15.7 Å². The molecule has 2 fully saturated rings. The van der Waals surface area contributed by atoms with Crippen LogP contribution in [0.4, 0.5) is 35.2 Å². The fourth-order valence-corrected chi connectivity index (χ4v) is 3.74. The van der Waals surface area contributed by atoms with Crippen LogP contribution in [0.15, 0.2) is 42.6 Å². The van der Waals surface area contributed by atoms with Crippen molar-refractivity contribution in [3.05, 3.63) is 48.2 Å². The van der Waals surface area contributed by atoms with Crippen LogP contribution in [0.1, 0.15) is 18.4 Å². The minimum atomic E-state index is -4.41. The summed E-state index contributed by atoms with van der Waals surface area (Å²) in [6, 6.07) is 9.39. The van der Waals surface area contributed by atoms with Gasteiger partial charge in [0, 0.05) is 36.6 Å². The van der Waals surface area contributed by atoms with Crippen molar-refractivity contribution >= 4 is 29.2 Å². The van der Waals surface area contributed by atoms with E-state index < -0.39 is 17.8 Å². The maximum atomic E-state index is 12.7. The van der Waals surface area contributed by atoms with Gasteiger partial charge in [-0.3, -0.25) is 9.69 Å². The van der Waals surface area contributed by atoms with Crippen LogP contribution in [0.5, 0.6) is 0 Å². The van der Waals surface area contributed by atoms with Gasteiger partial charge >= 0.3 is 12.3 Å². The Labute approximate surface area is 176 Å². The molecule has 0 bridgehead atoms. The topological polar surface area (TPSA) is 74.8 Å². The van der Waals surface area contributed by atoms with Gasteiger partial charge in [0.2, 0.25) is 5.91 Å². The Morgan fingerprint density at radius 2 is 1.90 bits per heavy atom. The number of cyclic esters (lactones) is 1. The van der Waals surface area contributed by atoms with Crippen molar-refractivity contribution in [3.8, 4) is 0 Å². The van der Waals surface area contributed by atoms with Gasteiger partial charge in [-0.15, -0.1) is 0 Å². The first kappa shape index (κ1) is 21.0. The number of anilines is 3. The molecule has 0 atom stereocenters. The Morgan fingerprint density at radius 3 is 2.52 bits per heavy atom. The van der Waals surface area contributed by atoms with Gasteiger partial charge in [-0.25, -0.2) is 9.78 Å². The first-order valence-corrected chi connectivity index (χ1v) is 9.95. The molecule has 164 valence electrons. The third-order valence-electron chi connectivity index (χ3n) is 5.45. The number of carbonyl (C=O) groups is 2. The van der Waals surface area contributed by atoms with Gasteiger partial charge < -0.3 is 15.0 Å². The van der Waals surface area contributed by atoms with Gasteiger partial charge in [-0.1, -0.05) is 6.07 Å². The molecule has 2 aliphatic heterocycles. The number of ether oxygens (including phenoxy) is 1. The SMILES string of the molecule is O=C(Nc1cccc(N2CCOC2=O)c1)C1CCN(c2ccc(C(F)(F)F)cn2)CC1. The predicted molar refractivity (Wildman–Crippen MR) is 108 cm³/mol. The summed E-state index contributed by atoms with van der Waals surface area (Å²) in [7, 11) is 0. The summed E-state index contributed by atoms with van der Waals surface area (Å²) in [5, 5.41) is 2.89. The van der Waals surface area contributed by atoms with Crippen LogP contribution in [0.3, 0.4) is 0 Å². The second kappa shape index (κ2) is 8.44. The molecule has 2 saturated heterocycles. The van der Waals surface area contributed by atoms with Crippen LogP contribution in [0.25, 0.3) is 0 Å². The minimum absolute atomic E-state index is 0.124. The van der Waals surface area contributed by atoms with Gasteiger partial charge in [0.1, 0.15) is 12.4 Å². The lowest BCUT2D eigenvalue weighted by Gasteiger charge is -2.32. The largest absolute Gasteiger partial charge is 0.447 e. The van der Waals surface area contributed by atoms with E-state index in [1.54, 1.807) is 24.3 Å². The molecule has 1 aromatic heterocycles. The number of piperidine rings is 1. The molecule has 31 heavy (non-hydrogen) atoms. The Balaban J connectivity index is 1.33. The molecule has 1 N–H and O–H groups in total. The average molecular weight is 434 g/mol. The quantitative estimate of drug-likeness (QED) is 0.790. The number of hydrogen-bond donors (Lipinski definition) is 1. The van der Waals surface area contributed by atoms with Gasteiger partial charge in [0.05, 0.1) is 12.1 Å². The molecule has 2 aliphatic rings. The van der Waals surface area contributed by atoms with E-state index in [0.29, 0.717) is 56.3 Å². The number of hydrogen-bond acceptors (Lipinski definition) is 5. The van der Waals surface area contributed by atoms with E-state index in [9.17, 15) is 22.8 Å². The van der Waals surface area contributed by atoms with E-state index in [1.807, 2.05) is 4.90 Å². The van der Waals surface area contributed by atoms with E-state index in [1.165, 1.54) is 11.0 Å². The third-order valence-corrected chi connectivity index (χ3v) is 5.45. The summed E-state index contributed by atoms with van der Waals surface area (Å²) in [6.45, 7) is 1.85. The van der Waals surface area contributed by atoms with Crippen LogP contribution >= 0.6 is 0 Å². The van der Waals surface area contributed by atoms with Crippen LogP contribution in [0, 0.1) is 5.92 Å². The number of nitrogens with zero attached hydrogens (tertiary/aromatic N) is 3. The number of nitrogens with one attached hydrogen (secondary N) is 1. The first-order chi connectivity index (χ1) is 14.8. The minimum Gasteiger partial charge on any atom is -0.447 e. The lowest BCUT2D eigenvalue weighted by Crippen LogP contribution is -2.38. The lowest BCUT2D eigenvalue weighted by atomic mass is 9.95. The predicted octanol–water partition coefficient (Wildman–Crippen LogP) is 3.91. The summed E-state index contributed by atoms with van der Waals surface area (Å²) in [4.78, 5) is 31.7. The number of pyridine rings is 1. The van der Waals surface area contributed by atoms with Crippen molar-refractivity contribution in [1.29, 1.82) is 0 Å². The zero-order chi connectivity index (χ0) is 22.0. The monoisotopic (exact) mass is 434 g/mol. The molecule has 7 nitrogen and oxygen atoms in total. The fourth-order valence-electron chi connectivity index (χ4n) is 3.74. The molecule has 1 aromatic carbocycles. The molecular formula is C21H21F3N4O3. The smallest absolute Gasteiger partial charge is 0.417 e. The second-order valence-corrected chi connectivity index (χ2v) is 7.47. The van der Waals surface area contributed by atoms with Crippen molar-refractivity contribution in [2.45, 2.75) is 19.0 Å². The number of alkyl halides is 3. The van der Waals surface area contributed by atoms with Crippen molar-refractivity contribution < 1.29 is 27.5 Å². The molecule has 0 aliphatic carbocycles. The van der Waals surface area contributed by atoms with Crippen molar-refractivity contribution in [1.82, 2.24) is 4.98 Å². The van der Waals surface area contributed by atoms with Gasteiger partial charge in [0.15, 0.2) is 0 Å². The molecular weight excluding hydrogens is 413 g/mol. The zero-order valence-electron chi connectivity index (χ0n) is 16.6. The zero-order valence-corrected chi connectivity index (χ0v) is 16.6. The van der Waals surface area contributed by atoms with Crippen LogP contribution in [-0.4, -0.2) is 43.2 Å². The molecule has 0 unspecified atom stereocenters. The number of aromatic nitrogens is 1. The Hall–Kier alpha value is -3.30. The van der Waals surface area contributed by atoms with Crippen molar-refractivity contribution in [2.75, 3.05) is 41.4 Å². The summed E-state index contributed by atoms with van der Waals surface area (Å²) in [5.41, 5.74) is 0.465. The van der Waals surface area contributed by atoms with Gasteiger partial charge in [-0.05, 0) is 43.2 Å². The lowest BCUT2D eigenvalue weighted by molar-refractivity contribution is -0.137. The second-order valence-electron chi connectivity index (χ2n) is 7.47. The molecule has 2 amide bonds. The number of carbonyl (C=O) groups excluding carboxylic acids is 2. The number of benzene rings is 1. The highest BCUT2D eigenvalue weighted by atomic mass is 19.4. The average Bonchev–Trinajstić information content (AvgIpc) is 3.19. The highest BCUT2D eigenvalue weighted by molar-refractivity contribution is 5.95. The highest BCUT2D eigenvalue weighted by Gasteiger charge is 2.31. The van der Waals surface area contributed by atoms with Gasteiger partial charge in [-0.2, -0.15) is 13.2 Å². The Bertz CT molecular complexity index is 957. The standard InChI is InChI=1S/C21H21F3N4O3/c22-21(23,24)15-4-5-18(25-13-15)27-8-6-14(7-9-27)19(29)26-16-2-1-3-17(12-16)28-10-11-31-20(28)30/h1-5,12-14H,6-11H2,(H,26,29). The summed E-state index contributed by atoms with van der Waals surface area (Å²) in [5.74, 6) is 0.129. The normalized spacial score (nSPS) is 17.6. The summed E-state index contributed by atoms with van der Waals surface area (Å²) in [6.07, 6.45) is -2.87. The third kappa shape index (κ3) is 4.73. The molecule has 10 heteroatoms. The first-order valence-electron chi connectivity index (χ1n) is 9.95. The molecule has 0 saturated carbocycles. The number of halogens is 3. The van der Waals surface area contributed by atoms with E-state index in [-0.39, 0.29) is 11.8 Å². The maximum absolute atomic E-state index is 12.7. The van der Waals surface area contributed by atoms with Crippen molar-refractivity contribution in [2.24, 2.45) is 5.92 Å². The molecule has 4 rings (SSSR count).